The van der Waals surface area contributed by atoms with E-state index in [9.17, 15) is 4.79 Å². The van der Waals surface area contributed by atoms with Crippen molar-refractivity contribution in [3.63, 3.8) is 0 Å². The molecule has 24 heavy (non-hydrogen) atoms. The van der Waals surface area contributed by atoms with Crippen LogP contribution in [0.4, 0.5) is 0 Å². The van der Waals surface area contributed by atoms with Crippen LogP contribution in [0.2, 0.25) is 0 Å². The van der Waals surface area contributed by atoms with Crippen LogP contribution in [0.3, 0.4) is 0 Å². The van der Waals surface area contributed by atoms with Crippen LogP contribution in [-0.2, 0) is 13.2 Å². The summed E-state index contributed by atoms with van der Waals surface area (Å²) in [6.07, 6.45) is 0. The molecule has 5 rings (SSSR count). The molecule has 0 fully saturated rings. The van der Waals surface area contributed by atoms with Crippen molar-refractivity contribution in [1.29, 1.82) is 0 Å². The van der Waals surface area contributed by atoms with Gasteiger partial charge in [-0.15, -0.1) is 0 Å². The van der Waals surface area contributed by atoms with Gasteiger partial charge in [0.25, 0.3) is 5.56 Å². The summed E-state index contributed by atoms with van der Waals surface area (Å²) in [6.45, 7) is 1.08. The van der Waals surface area contributed by atoms with Crippen molar-refractivity contribution < 1.29 is 4.74 Å². The van der Waals surface area contributed by atoms with Crippen molar-refractivity contribution in [2.45, 2.75) is 13.2 Å². The van der Waals surface area contributed by atoms with Crippen molar-refractivity contribution in [1.82, 2.24) is 4.57 Å². The summed E-state index contributed by atoms with van der Waals surface area (Å²) in [5.74, 6) is 0.768. The fourth-order valence-electron chi connectivity index (χ4n) is 3.54. The number of ether oxygens (including phenoxy) is 1. The molecule has 1 aromatic heterocycles. The van der Waals surface area contributed by atoms with Gasteiger partial charge >= 0.3 is 0 Å². The van der Waals surface area contributed by atoms with Crippen LogP contribution in [0, 0.1) is 0 Å². The van der Waals surface area contributed by atoms with E-state index in [0.29, 0.717) is 13.2 Å². The maximum Gasteiger partial charge on any atom is 0.251 e. The number of rotatable bonds is 0. The quantitative estimate of drug-likeness (QED) is 0.489. The van der Waals surface area contributed by atoms with Crippen LogP contribution in [-0.4, -0.2) is 4.57 Å². The van der Waals surface area contributed by atoms with Gasteiger partial charge in [-0.3, -0.25) is 4.79 Å². The van der Waals surface area contributed by atoms with E-state index in [0.717, 1.165) is 27.8 Å². The van der Waals surface area contributed by atoms with Crippen LogP contribution in [0.25, 0.3) is 21.7 Å². The van der Waals surface area contributed by atoms with Gasteiger partial charge in [0.1, 0.15) is 12.4 Å². The van der Waals surface area contributed by atoms with E-state index in [-0.39, 0.29) is 5.56 Å². The normalized spacial score (nSPS) is 13.2. The predicted molar refractivity (Wildman–Crippen MR) is 95.6 cm³/mol. The Balaban J connectivity index is 1.82. The topological polar surface area (TPSA) is 31.2 Å². The summed E-state index contributed by atoms with van der Waals surface area (Å²) < 4.78 is 7.89. The van der Waals surface area contributed by atoms with E-state index in [1.165, 1.54) is 10.8 Å². The Morgan fingerprint density at radius 3 is 2.38 bits per heavy atom. The average molecular weight is 313 g/mol. The highest BCUT2D eigenvalue weighted by molar-refractivity contribution is 5.86. The van der Waals surface area contributed by atoms with Crippen LogP contribution in [0.5, 0.6) is 5.75 Å². The van der Waals surface area contributed by atoms with E-state index in [4.69, 9.17) is 4.74 Å². The van der Waals surface area contributed by atoms with Gasteiger partial charge in [0, 0.05) is 11.5 Å². The molecule has 0 spiro atoms. The molecule has 4 aromatic rings. The third kappa shape index (κ3) is 1.95. The lowest BCUT2D eigenvalue weighted by molar-refractivity contribution is 0.304. The number of para-hydroxylation sites is 1. The van der Waals surface area contributed by atoms with Crippen LogP contribution >= 0.6 is 0 Å². The molecule has 0 N–H and O–H groups in total. The highest BCUT2D eigenvalue weighted by Gasteiger charge is 2.16. The molecule has 1 aliphatic rings. The lowest BCUT2D eigenvalue weighted by Gasteiger charge is -2.21. The van der Waals surface area contributed by atoms with Gasteiger partial charge in [0.2, 0.25) is 0 Å². The van der Waals surface area contributed by atoms with E-state index >= 15 is 0 Å². The van der Waals surface area contributed by atoms with Crippen LogP contribution in [0.1, 0.15) is 11.1 Å². The van der Waals surface area contributed by atoms with Crippen molar-refractivity contribution in [2.24, 2.45) is 0 Å². The fourth-order valence-corrected chi connectivity index (χ4v) is 3.54. The van der Waals surface area contributed by atoms with E-state index in [2.05, 4.69) is 24.3 Å². The second-order valence-electron chi connectivity index (χ2n) is 6.21. The average Bonchev–Trinajstić information content (AvgIpc) is 2.60. The molecule has 0 aliphatic carbocycles. The monoisotopic (exact) mass is 313 g/mol. The molecule has 0 saturated carbocycles. The largest absolute Gasteiger partial charge is 0.487 e. The van der Waals surface area contributed by atoms with E-state index in [1.54, 1.807) is 6.07 Å². The minimum Gasteiger partial charge on any atom is -0.487 e. The molecule has 3 aromatic carbocycles. The summed E-state index contributed by atoms with van der Waals surface area (Å²) >= 11 is 0. The van der Waals surface area contributed by atoms with Gasteiger partial charge in [0.15, 0.2) is 0 Å². The molecule has 0 bridgehead atoms. The van der Waals surface area contributed by atoms with E-state index in [1.807, 2.05) is 41.0 Å². The van der Waals surface area contributed by atoms with Gasteiger partial charge in [-0.2, -0.15) is 0 Å². The number of benzene rings is 3. The van der Waals surface area contributed by atoms with Crippen molar-refractivity contribution in [3.05, 3.63) is 88.2 Å². The third-order valence-electron chi connectivity index (χ3n) is 4.75. The van der Waals surface area contributed by atoms with Gasteiger partial charge in [0.05, 0.1) is 12.1 Å². The number of aromatic nitrogens is 1. The lowest BCUT2D eigenvalue weighted by Crippen LogP contribution is -2.22. The zero-order valence-corrected chi connectivity index (χ0v) is 13.0. The smallest absolute Gasteiger partial charge is 0.251 e. The van der Waals surface area contributed by atoms with Crippen molar-refractivity contribution >= 4 is 21.7 Å². The summed E-state index contributed by atoms with van der Waals surface area (Å²) in [5, 5.41) is 3.40. The maximum atomic E-state index is 12.5. The highest BCUT2D eigenvalue weighted by atomic mass is 16.5. The van der Waals surface area contributed by atoms with Crippen molar-refractivity contribution in [3.8, 4) is 5.75 Å². The van der Waals surface area contributed by atoms with E-state index < -0.39 is 0 Å². The minimum atomic E-state index is -0.000409. The Morgan fingerprint density at radius 1 is 0.792 bits per heavy atom. The second kappa shape index (κ2) is 4.96. The Kier molecular flexibility index (Phi) is 2.77. The summed E-state index contributed by atoms with van der Waals surface area (Å²) in [5.41, 5.74) is 3.15. The summed E-state index contributed by atoms with van der Waals surface area (Å²) in [4.78, 5) is 12.5. The van der Waals surface area contributed by atoms with Gasteiger partial charge in [-0.05, 0) is 46.2 Å². The molecule has 0 amide bonds. The molecule has 1 aliphatic heterocycles. The molecule has 0 saturated heterocycles. The fraction of sp³-hybridized carbons (Fsp3) is 0.0952. The Hall–Kier alpha value is -3.07. The first-order valence-corrected chi connectivity index (χ1v) is 8.05. The Morgan fingerprint density at radius 2 is 1.54 bits per heavy atom. The molecule has 0 unspecified atom stereocenters. The number of pyridine rings is 1. The minimum absolute atomic E-state index is 0.000409. The van der Waals surface area contributed by atoms with Crippen LogP contribution in [0.15, 0.2) is 71.5 Å². The molecular weight excluding hydrogens is 298 g/mol. The standard InChI is InChI=1S/C21H15NO2/c23-20-9-8-14-6-3-7-19-21(14)22(20)12-17-10-15-4-1-2-5-16(15)11-18(17)13-24-19/h1-11H,12-13H2. The first-order chi connectivity index (χ1) is 11.8. The van der Waals surface area contributed by atoms with Crippen molar-refractivity contribution in [2.75, 3.05) is 0 Å². The number of hydrogen-bond acceptors (Lipinski definition) is 2. The van der Waals surface area contributed by atoms with Gasteiger partial charge in [-0.25, -0.2) is 0 Å². The number of nitrogens with zero attached hydrogens (tertiary/aromatic N) is 1. The first-order valence-electron chi connectivity index (χ1n) is 8.05. The summed E-state index contributed by atoms with van der Waals surface area (Å²) in [6, 6.07) is 22.0. The zero-order valence-electron chi connectivity index (χ0n) is 13.0. The zero-order chi connectivity index (χ0) is 16.1. The third-order valence-corrected chi connectivity index (χ3v) is 4.75. The molecule has 0 radical (unpaired) electrons. The van der Waals surface area contributed by atoms with Gasteiger partial charge in [-0.1, -0.05) is 36.4 Å². The highest BCUT2D eigenvalue weighted by Crippen LogP contribution is 2.30. The summed E-state index contributed by atoms with van der Waals surface area (Å²) in [7, 11) is 0. The Labute approximate surface area is 138 Å². The molecule has 2 heterocycles. The Bertz CT molecular complexity index is 1160. The number of hydrogen-bond donors (Lipinski definition) is 0. The SMILES string of the molecule is O=c1ccc2cccc3c2n1Cc1cc2ccccc2cc1CO3. The molecule has 0 atom stereocenters. The second-order valence-corrected chi connectivity index (χ2v) is 6.21. The molecule has 3 nitrogen and oxygen atoms in total. The molecule has 116 valence electrons. The molecular formula is C21H15NO2. The predicted octanol–water partition coefficient (Wildman–Crippen LogP) is 4.10. The number of fused-ring (bicyclic) bond motifs is 2. The van der Waals surface area contributed by atoms with Gasteiger partial charge < -0.3 is 9.30 Å². The first kappa shape index (κ1) is 13.4. The molecule has 3 heteroatoms. The lowest BCUT2D eigenvalue weighted by atomic mass is 10.0. The van der Waals surface area contributed by atoms with Crippen LogP contribution < -0.4 is 10.3 Å². The maximum absolute atomic E-state index is 12.5.